The summed E-state index contributed by atoms with van der Waals surface area (Å²) < 4.78 is 60.0. The van der Waals surface area contributed by atoms with Gasteiger partial charge in [0.15, 0.2) is 11.0 Å². The molecule has 172 valence electrons. The fourth-order valence-corrected chi connectivity index (χ4v) is 3.40. The Morgan fingerprint density at radius 1 is 1.31 bits per heavy atom. The van der Waals surface area contributed by atoms with E-state index in [-0.39, 0.29) is 37.4 Å². The van der Waals surface area contributed by atoms with Gasteiger partial charge in [0.2, 0.25) is 12.4 Å². The Balaban J connectivity index is 2.03. The second-order valence-corrected chi connectivity index (χ2v) is 8.47. The van der Waals surface area contributed by atoms with Crippen LogP contribution in [-0.2, 0) is 10.9 Å². The number of halogens is 5. The topological polar surface area (TPSA) is 75.8 Å². The maximum atomic E-state index is 14.5. The molecule has 1 fully saturated rings. The molecule has 2 aromatic rings. The van der Waals surface area contributed by atoms with Gasteiger partial charge in [-0.1, -0.05) is 11.6 Å². The number of hydrogen-bond donors (Lipinski definition) is 0. The quantitative estimate of drug-likeness (QED) is 0.369. The molecule has 1 saturated heterocycles. The van der Waals surface area contributed by atoms with E-state index in [1.165, 1.54) is 9.80 Å². The molecule has 3 heterocycles. The van der Waals surface area contributed by atoms with Crippen molar-refractivity contribution in [3.63, 3.8) is 0 Å². The number of nitrogens with zero attached hydrogens (tertiary/aromatic N) is 6. The number of fused-ring (bicyclic) bond motifs is 1. The number of alkyl halides is 3. The number of anilines is 1. The highest BCUT2D eigenvalue weighted by Crippen LogP contribution is 2.34. The molecule has 32 heavy (non-hydrogen) atoms. The number of rotatable bonds is 2. The highest BCUT2D eigenvalue weighted by Gasteiger charge is 2.39. The summed E-state index contributed by atoms with van der Waals surface area (Å²) >= 11 is 5.63. The van der Waals surface area contributed by atoms with E-state index in [0.717, 1.165) is 6.20 Å². The summed E-state index contributed by atoms with van der Waals surface area (Å²) in [6, 6.07) is -0.680. The number of amides is 1. The Bertz CT molecular complexity index is 1080. The van der Waals surface area contributed by atoms with Crippen LogP contribution in [0.5, 0.6) is 0 Å². The van der Waals surface area contributed by atoms with E-state index in [0.29, 0.717) is 0 Å². The van der Waals surface area contributed by atoms with E-state index in [2.05, 4.69) is 19.8 Å². The summed E-state index contributed by atoms with van der Waals surface area (Å²) in [5, 5.41) is -0.678. The molecule has 1 aliphatic heterocycles. The van der Waals surface area contributed by atoms with E-state index in [1.807, 2.05) is 0 Å². The summed E-state index contributed by atoms with van der Waals surface area (Å²) in [6.45, 7) is 12.3. The molecule has 0 unspecified atom stereocenters. The first-order chi connectivity index (χ1) is 14.8. The Morgan fingerprint density at radius 3 is 2.59 bits per heavy atom. The zero-order valence-electron chi connectivity index (χ0n) is 17.4. The normalized spacial score (nSPS) is 17.4. The third kappa shape index (κ3) is 4.93. The lowest BCUT2D eigenvalue weighted by atomic mass is 10.1. The molecular formula is C19H19ClF4N6O2. The lowest BCUT2D eigenvalue weighted by Crippen LogP contribution is -2.57. The molecule has 0 spiro atoms. The van der Waals surface area contributed by atoms with Crippen molar-refractivity contribution in [1.82, 2.24) is 19.9 Å². The molecule has 0 aromatic carbocycles. The van der Waals surface area contributed by atoms with Crippen molar-refractivity contribution in [2.75, 3.05) is 31.1 Å². The van der Waals surface area contributed by atoms with Gasteiger partial charge >= 0.3 is 12.3 Å². The minimum Gasteiger partial charge on any atom is -0.444 e. The number of aromatic nitrogens is 3. The first-order valence-corrected chi connectivity index (χ1v) is 9.86. The summed E-state index contributed by atoms with van der Waals surface area (Å²) in [5.74, 6) is -2.93. The zero-order valence-corrected chi connectivity index (χ0v) is 18.1. The van der Waals surface area contributed by atoms with E-state index < -0.39 is 46.2 Å². The van der Waals surface area contributed by atoms with Crippen LogP contribution in [0.2, 0.25) is 5.15 Å². The lowest BCUT2D eigenvalue weighted by molar-refractivity contribution is -0.144. The maximum Gasteiger partial charge on any atom is 0.451 e. The Labute approximate surface area is 186 Å². The SMILES string of the molecule is [C-]#[N+]C[C@H]1CN(c2nc(C(F)(F)F)nc3c(F)c(Cl)ncc23)CCN1C(=O)OC(C)(C)C. The number of piperazine rings is 1. The molecule has 0 N–H and O–H groups in total. The first-order valence-electron chi connectivity index (χ1n) is 9.48. The van der Waals surface area contributed by atoms with Crippen LogP contribution in [0.3, 0.4) is 0 Å². The van der Waals surface area contributed by atoms with E-state index in [9.17, 15) is 22.4 Å². The largest absolute Gasteiger partial charge is 0.451 e. The molecule has 1 amide bonds. The fourth-order valence-electron chi connectivity index (χ4n) is 3.26. The van der Waals surface area contributed by atoms with Crippen LogP contribution < -0.4 is 4.90 Å². The Morgan fingerprint density at radius 2 is 2.00 bits per heavy atom. The van der Waals surface area contributed by atoms with Gasteiger partial charge in [0, 0.05) is 25.8 Å². The Kier molecular flexibility index (Phi) is 6.33. The van der Waals surface area contributed by atoms with Gasteiger partial charge in [-0.2, -0.15) is 13.2 Å². The molecule has 3 rings (SSSR count). The molecule has 1 aliphatic rings. The molecule has 1 atom stereocenters. The van der Waals surface area contributed by atoms with Gasteiger partial charge in [0.1, 0.15) is 23.0 Å². The number of carbonyl (C=O) groups excluding carboxylic acids is 1. The highest BCUT2D eigenvalue weighted by atomic mass is 35.5. The molecule has 8 nitrogen and oxygen atoms in total. The number of hydrogen-bond acceptors (Lipinski definition) is 6. The standard InChI is InChI=1S/C19H19ClF4N6O2/c1-18(2,3)32-17(31)30-6-5-29(9-10(30)7-25-4)15-11-8-26-14(20)12(21)13(11)27-16(28-15)19(22,23)24/h8,10H,5-7,9H2,1-3H3/t10-/m0/s1. The van der Waals surface area contributed by atoms with Crippen LogP contribution in [-0.4, -0.2) is 63.8 Å². The molecular weight excluding hydrogens is 456 g/mol. The summed E-state index contributed by atoms with van der Waals surface area (Å²) in [7, 11) is 0. The van der Waals surface area contributed by atoms with Gasteiger partial charge < -0.3 is 14.5 Å². The minimum atomic E-state index is -4.93. The smallest absolute Gasteiger partial charge is 0.444 e. The molecule has 0 aliphatic carbocycles. The first kappa shape index (κ1) is 23.7. The van der Waals surface area contributed by atoms with Crippen LogP contribution in [0.25, 0.3) is 15.7 Å². The predicted octanol–water partition coefficient (Wildman–Crippen LogP) is 4.18. The van der Waals surface area contributed by atoms with E-state index in [4.69, 9.17) is 22.9 Å². The summed E-state index contributed by atoms with van der Waals surface area (Å²) in [4.78, 5) is 29.3. The monoisotopic (exact) mass is 474 g/mol. The van der Waals surface area contributed by atoms with Crippen molar-refractivity contribution in [2.24, 2.45) is 0 Å². The number of carbonyl (C=O) groups is 1. The number of pyridine rings is 1. The van der Waals surface area contributed by atoms with Crippen LogP contribution in [0.15, 0.2) is 6.20 Å². The average molecular weight is 475 g/mol. The predicted molar refractivity (Wildman–Crippen MR) is 108 cm³/mol. The van der Waals surface area contributed by atoms with Gasteiger partial charge in [-0.25, -0.2) is 30.7 Å². The molecule has 0 saturated carbocycles. The van der Waals surface area contributed by atoms with Crippen molar-refractivity contribution in [2.45, 2.75) is 38.6 Å². The van der Waals surface area contributed by atoms with Crippen molar-refractivity contribution in [3.8, 4) is 0 Å². The van der Waals surface area contributed by atoms with Gasteiger partial charge in [-0.05, 0) is 20.8 Å². The van der Waals surface area contributed by atoms with Crippen molar-refractivity contribution < 1.29 is 27.1 Å². The van der Waals surface area contributed by atoms with Crippen LogP contribution >= 0.6 is 11.6 Å². The summed E-state index contributed by atoms with van der Waals surface area (Å²) in [6.07, 6.45) is -4.46. The second-order valence-electron chi connectivity index (χ2n) is 8.11. The van der Waals surface area contributed by atoms with Gasteiger partial charge in [-0.3, -0.25) is 4.90 Å². The second kappa shape index (κ2) is 8.54. The summed E-state index contributed by atoms with van der Waals surface area (Å²) in [5.41, 5.74) is -1.37. The molecule has 13 heteroatoms. The molecule has 0 radical (unpaired) electrons. The fraction of sp³-hybridized carbons (Fsp3) is 0.526. The van der Waals surface area contributed by atoms with Crippen LogP contribution in [0.1, 0.15) is 26.6 Å². The lowest BCUT2D eigenvalue weighted by Gasteiger charge is -2.40. The van der Waals surface area contributed by atoms with Crippen molar-refractivity contribution in [3.05, 3.63) is 34.4 Å². The third-order valence-corrected chi connectivity index (χ3v) is 4.85. The molecule has 2 aromatic heterocycles. The highest BCUT2D eigenvalue weighted by molar-refractivity contribution is 6.30. The Hall–Kier alpha value is -2.94. The average Bonchev–Trinajstić information content (AvgIpc) is 2.68. The van der Waals surface area contributed by atoms with Crippen molar-refractivity contribution >= 4 is 34.4 Å². The zero-order chi connectivity index (χ0) is 23.8. The molecule has 0 bridgehead atoms. The minimum absolute atomic E-state index is 0.0186. The van der Waals surface area contributed by atoms with Gasteiger partial charge in [-0.15, -0.1) is 0 Å². The van der Waals surface area contributed by atoms with Gasteiger partial charge in [0.05, 0.1) is 5.39 Å². The van der Waals surface area contributed by atoms with Crippen LogP contribution in [0.4, 0.5) is 28.2 Å². The number of ether oxygens (including phenoxy) is 1. The van der Waals surface area contributed by atoms with Crippen LogP contribution in [0, 0.1) is 12.4 Å². The van der Waals surface area contributed by atoms with E-state index in [1.54, 1.807) is 20.8 Å². The van der Waals surface area contributed by atoms with Gasteiger partial charge in [0.25, 0.3) is 0 Å². The van der Waals surface area contributed by atoms with Crippen molar-refractivity contribution in [1.29, 1.82) is 0 Å². The van der Waals surface area contributed by atoms with E-state index >= 15 is 0 Å². The maximum absolute atomic E-state index is 14.5. The third-order valence-electron chi connectivity index (χ3n) is 4.59.